The zero-order valence-electron chi connectivity index (χ0n) is 12.6. The van der Waals surface area contributed by atoms with Crippen LogP contribution >= 0.6 is 22.9 Å². The van der Waals surface area contributed by atoms with Crippen molar-refractivity contribution in [1.29, 1.82) is 0 Å². The fourth-order valence-corrected chi connectivity index (χ4v) is 4.26. The van der Waals surface area contributed by atoms with Crippen molar-refractivity contribution in [1.82, 2.24) is 19.8 Å². The number of nitrogens with zero attached hydrogens (tertiary/aromatic N) is 3. The summed E-state index contributed by atoms with van der Waals surface area (Å²) >= 11 is 2.92. The lowest BCUT2D eigenvalue weighted by Gasteiger charge is -2.34. The van der Waals surface area contributed by atoms with Crippen molar-refractivity contribution in [2.24, 2.45) is 0 Å². The Labute approximate surface area is 138 Å². The molecule has 0 saturated carbocycles. The number of aryl methyl sites for hydroxylation is 1. The van der Waals surface area contributed by atoms with Crippen LogP contribution in [0.25, 0.3) is 0 Å². The van der Waals surface area contributed by atoms with E-state index in [1.165, 1.54) is 24.1 Å². The first kappa shape index (κ1) is 15.6. The summed E-state index contributed by atoms with van der Waals surface area (Å²) in [6.07, 6.45) is 3.80. The van der Waals surface area contributed by atoms with Crippen LogP contribution in [0.2, 0.25) is 0 Å². The number of hydrogen-bond donors (Lipinski definition) is 1. The third-order valence-corrected chi connectivity index (χ3v) is 5.82. The van der Waals surface area contributed by atoms with Crippen LogP contribution in [0, 0.1) is 6.92 Å². The van der Waals surface area contributed by atoms with Gasteiger partial charge in [0, 0.05) is 11.4 Å². The Hall–Kier alpha value is -1.31. The number of hydrogen-bond acceptors (Lipinski definition) is 6. The van der Waals surface area contributed by atoms with Crippen LogP contribution in [0.5, 0.6) is 0 Å². The Morgan fingerprint density at radius 3 is 2.86 bits per heavy atom. The van der Waals surface area contributed by atoms with Gasteiger partial charge in [0.1, 0.15) is 4.88 Å². The molecule has 0 unspecified atom stereocenters. The molecule has 0 aromatic carbocycles. The van der Waals surface area contributed by atoms with Gasteiger partial charge in [-0.25, -0.2) is 0 Å². The highest BCUT2D eigenvalue weighted by Gasteiger charge is 2.24. The van der Waals surface area contributed by atoms with E-state index in [1.54, 1.807) is 11.3 Å². The van der Waals surface area contributed by atoms with Crippen molar-refractivity contribution in [3.63, 3.8) is 0 Å². The summed E-state index contributed by atoms with van der Waals surface area (Å²) in [7, 11) is 0. The monoisotopic (exact) mass is 336 g/mol. The molecule has 0 radical (unpaired) electrons. The molecule has 1 saturated heterocycles. The largest absolute Gasteiger partial charge is 0.349 e. The second kappa shape index (κ2) is 7.30. The molecule has 2 aromatic rings. The number of piperidine rings is 1. The Kier molecular flexibility index (Phi) is 5.17. The molecule has 1 aliphatic rings. The molecular formula is C15H20N4OS2. The molecule has 3 rings (SSSR count). The van der Waals surface area contributed by atoms with Gasteiger partial charge in [0.25, 0.3) is 5.91 Å². The highest BCUT2D eigenvalue weighted by molar-refractivity contribution is 7.10. The van der Waals surface area contributed by atoms with Gasteiger partial charge in [-0.15, -0.1) is 16.4 Å². The van der Waals surface area contributed by atoms with Gasteiger partial charge in [-0.05, 0) is 55.8 Å². The molecule has 0 bridgehead atoms. The minimum absolute atomic E-state index is 0.0638. The normalized spacial score (nSPS) is 17.3. The predicted octanol–water partition coefficient (Wildman–Crippen LogP) is 2.87. The van der Waals surface area contributed by atoms with E-state index in [0.29, 0.717) is 17.1 Å². The number of nitrogens with one attached hydrogen (secondary N) is 1. The summed E-state index contributed by atoms with van der Waals surface area (Å²) < 4.78 is 3.83. The summed E-state index contributed by atoms with van der Waals surface area (Å²) in [5, 5.41) is 9.07. The molecule has 2 aromatic heterocycles. The maximum atomic E-state index is 12.3. The molecule has 118 valence electrons. The molecular weight excluding hydrogens is 316 g/mol. The maximum absolute atomic E-state index is 12.3. The first-order chi connectivity index (χ1) is 10.8. The minimum Gasteiger partial charge on any atom is -0.349 e. The van der Waals surface area contributed by atoms with Crippen LogP contribution in [0.3, 0.4) is 0 Å². The van der Waals surface area contributed by atoms with Crippen molar-refractivity contribution in [2.45, 2.75) is 32.2 Å². The van der Waals surface area contributed by atoms with Crippen LogP contribution in [-0.4, -0.2) is 40.0 Å². The molecule has 1 amide bonds. The van der Waals surface area contributed by atoms with E-state index in [-0.39, 0.29) is 11.9 Å². The first-order valence-electron chi connectivity index (χ1n) is 7.60. The Morgan fingerprint density at radius 2 is 2.23 bits per heavy atom. The second-order valence-corrected chi connectivity index (χ2v) is 7.26. The van der Waals surface area contributed by atoms with Gasteiger partial charge in [0.05, 0.1) is 11.7 Å². The van der Waals surface area contributed by atoms with Gasteiger partial charge in [0.15, 0.2) is 0 Å². The third-order valence-electron chi connectivity index (χ3n) is 4.02. The van der Waals surface area contributed by atoms with Crippen molar-refractivity contribution >= 4 is 28.8 Å². The maximum Gasteiger partial charge on any atom is 0.265 e. The van der Waals surface area contributed by atoms with Crippen molar-refractivity contribution < 1.29 is 4.79 Å². The Bertz CT molecular complexity index is 605. The summed E-state index contributed by atoms with van der Waals surface area (Å²) in [4.78, 5) is 16.7. The van der Waals surface area contributed by atoms with E-state index in [0.717, 1.165) is 24.6 Å². The van der Waals surface area contributed by atoms with E-state index >= 15 is 0 Å². The number of carbonyl (C=O) groups is 1. The van der Waals surface area contributed by atoms with E-state index in [4.69, 9.17) is 0 Å². The van der Waals surface area contributed by atoms with Crippen LogP contribution in [0.1, 0.15) is 45.5 Å². The number of rotatable bonds is 5. The predicted molar refractivity (Wildman–Crippen MR) is 89.5 cm³/mol. The van der Waals surface area contributed by atoms with Crippen LogP contribution < -0.4 is 5.32 Å². The van der Waals surface area contributed by atoms with Gasteiger partial charge in [-0.2, -0.15) is 0 Å². The van der Waals surface area contributed by atoms with Crippen LogP contribution in [0.4, 0.5) is 0 Å². The van der Waals surface area contributed by atoms with Gasteiger partial charge in [-0.1, -0.05) is 17.0 Å². The smallest absolute Gasteiger partial charge is 0.265 e. The second-order valence-electron chi connectivity index (χ2n) is 5.53. The molecule has 1 N–H and O–H groups in total. The fourth-order valence-electron chi connectivity index (χ4n) is 2.83. The number of amides is 1. The molecule has 1 atom stereocenters. The standard InChI is InChI=1S/C15H20N4OS2/c1-11-14(22-18-17-11)15(20)16-10-12(13-6-5-9-21-13)19-7-3-2-4-8-19/h5-6,9,12H,2-4,7-8,10H2,1H3,(H,16,20)/t12-/m0/s1. The van der Waals surface area contributed by atoms with E-state index < -0.39 is 0 Å². The lowest BCUT2D eigenvalue weighted by atomic mass is 10.1. The lowest BCUT2D eigenvalue weighted by Crippen LogP contribution is -2.40. The number of thiophene rings is 1. The Morgan fingerprint density at radius 1 is 1.41 bits per heavy atom. The van der Waals surface area contributed by atoms with Gasteiger partial charge in [-0.3, -0.25) is 9.69 Å². The number of aromatic nitrogens is 2. The van der Waals surface area contributed by atoms with E-state index in [9.17, 15) is 4.79 Å². The lowest BCUT2D eigenvalue weighted by molar-refractivity contribution is 0.0929. The van der Waals surface area contributed by atoms with Crippen LogP contribution in [-0.2, 0) is 0 Å². The zero-order valence-corrected chi connectivity index (χ0v) is 14.3. The molecule has 0 spiro atoms. The molecule has 0 aliphatic carbocycles. The molecule has 3 heterocycles. The summed E-state index contributed by atoms with van der Waals surface area (Å²) in [5.41, 5.74) is 0.702. The molecule has 1 fully saturated rings. The summed E-state index contributed by atoms with van der Waals surface area (Å²) in [6, 6.07) is 4.51. The quantitative estimate of drug-likeness (QED) is 0.912. The topological polar surface area (TPSA) is 58.1 Å². The van der Waals surface area contributed by atoms with Gasteiger partial charge >= 0.3 is 0 Å². The van der Waals surface area contributed by atoms with Crippen LogP contribution in [0.15, 0.2) is 17.5 Å². The minimum atomic E-state index is -0.0638. The van der Waals surface area contributed by atoms with Gasteiger partial charge < -0.3 is 5.32 Å². The molecule has 5 nitrogen and oxygen atoms in total. The average molecular weight is 336 g/mol. The van der Waals surface area contributed by atoms with Crippen molar-refractivity contribution in [2.75, 3.05) is 19.6 Å². The fraction of sp³-hybridized carbons (Fsp3) is 0.533. The highest BCUT2D eigenvalue weighted by Crippen LogP contribution is 2.27. The third kappa shape index (κ3) is 3.53. The van der Waals surface area contributed by atoms with Gasteiger partial charge in [0.2, 0.25) is 0 Å². The SMILES string of the molecule is Cc1nnsc1C(=O)NC[C@@H](c1cccs1)N1CCCCC1. The molecule has 7 heteroatoms. The molecule has 1 aliphatic heterocycles. The van der Waals surface area contributed by atoms with E-state index in [2.05, 4.69) is 37.3 Å². The first-order valence-corrected chi connectivity index (χ1v) is 9.25. The number of carbonyl (C=O) groups excluding carboxylic acids is 1. The number of likely N-dealkylation sites (tertiary alicyclic amines) is 1. The van der Waals surface area contributed by atoms with Crippen molar-refractivity contribution in [3.05, 3.63) is 33.0 Å². The summed E-state index contributed by atoms with van der Waals surface area (Å²) in [5.74, 6) is -0.0638. The van der Waals surface area contributed by atoms with Crippen molar-refractivity contribution in [3.8, 4) is 0 Å². The summed E-state index contributed by atoms with van der Waals surface area (Å²) in [6.45, 7) is 4.68. The van der Waals surface area contributed by atoms with E-state index in [1.807, 2.05) is 6.92 Å². The zero-order chi connectivity index (χ0) is 15.4. The molecule has 22 heavy (non-hydrogen) atoms. The Balaban J connectivity index is 1.68. The highest BCUT2D eigenvalue weighted by atomic mass is 32.1. The average Bonchev–Trinajstić information content (AvgIpc) is 3.20.